The van der Waals surface area contributed by atoms with Crippen LogP contribution in [0.5, 0.6) is 0 Å². The molecule has 0 radical (unpaired) electrons. The molecular formula is C9H11N3O3. The Hall–Kier alpha value is -2.11. The van der Waals surface area contributed by atoms with Crippen LogP contribution in [0.2, 0.25) is 0 Å². The second-order valence-electron chi connectivity index (χ2n) is 2.91. The van der Waals surface area contributed by atoms with Crippen molar-refractivity contribution in [2.45, 2.75) is 6.42 Å². The van der Waals surface area contributed by atoms with E-state index in [1.807, 2.05) is 0 Å². The maximum atomic E-state index is 11.4. The number of H-pyrrole nitrogens is 1. The lowest BCUT2D eigenvalue weighted by molar-refractivity contribution is -0.117. The summed E-state index contributed by atoms with van der Waals surface area (Å²) in [6.45, 7) is 0.168. The summed E-state index contributed by atoms with van der Waals surface area (Å²) in [6, 6.07) is 2.65. The van der Waals surface area contributed by atoms with E-state index in [2.05, 4.69) is 10.3 Å². The number of aromatic nitrogens is 1. The third kappa shape index (κ3) is 3.63. The van der Waals surface area contributed by atoms with E-state index >= 15 is 0 Å². The van der Waals surface area contributed by atoms with Crippen LogP contribution in [-0.2, 0) is 4.79 Å². The maximum absolute atomic E-state index is 11.4. The Morgan fingerprint density at radius 1 is 1.47 bits per heavy atom. The summed E-state index contributed by atoms with van der Waals surface area (Å²) in [6.07, 6.45) is 1.46. The largest absolute Gasteiger partial charge is 0.370 e. The molecular weight excluding hydrogens is 198 g/mol. The van der Waals surface area contributed by atoms with Crippen molar-refractivity contribution in [2.75, 3.05) is 6.54 Å². The second-order valence-corrected chi connectivity index (χ2v) is 2.91. The molecule has 15 heavy (non-hydrogen) atoms. The van der Waals surface area contributed by atoms with E-state index in [9.17, 15) is 14.4 Å². The normalized spacial score (nSPS) is 9.60. The van der Waals surface area contributed by atoms with Gasteiger partial charge in [-0.15, -0.1) is 0 Å². The van der Waals surface area contributed by atoms with Crippen LogP contribution in [0.4, 0.5) is 0 Å². The fourth-order valence-corrected chi connectivity index (χ4v) is 0.987. The molecule has 0 saturated heterocycles. The van der Waals surface area contributed by atoms with E-state index in [1.54, 1.807) is 0 Å². The van der Waals surface area contributed by atoms with Crippen molar-refractivity contribution in [3.63, 3.8) is 0 Å². The second kappa shape index (κ2) is 4.94. The average Bonchev–Trinajstić information content (AvgIpc) is 2.17. The molecule has 6 heteroatoms. The third-order valence-electron chi connectivity index (χ3n) is 1.69. The molecule has 80 valence electrons. The van der Waals surface area contributed by atoms with Crippen LogP contribution in [0.3, 0.4) is 0 Å². The molecule has 0 aliphatic rings. The topological polar surface area (TPSA) is 105 Å². The Morgan fingerprint density at radius 3 is 2.80 bits per heavy atom. The SMILES string of the molecule is NC(=O)CCNC(=O)c1cc[nH]c(=O)c1. The number of carbonyl (C=O) groups is 2. The Labute approximate surface area is 85.5 Å². The van der Waals surface area contributed by atoms with Crippen molar-refractivity contribution in [3.05, 3.63) is 34.2 Å². The van der Waals surface area contributed by atoms with Gasteiger partial charge < -0.3 is 16.0 Å². The number of carbonyl (C=O) groups excluding carboxylic acids is 2. The number of hydrogen-bond acceptors (Lipinski definition) is 3. The van der Waals surface area contributed by atoms with E-state index in [4.69, 9.17) is 5.73 Å². The number of hydrogen-bond donors (Lipinski definition) is 3. The zero-order valence-electron chi connectivity index (χ0n) is 7.95. The molecule has 0 spiro atoms. The van der Waals surface area contributed by atoms with Gasteiger partial charge in [0, 0.05) is 30.8 Å². The predicted molar refractivity (Wildman–Crippen MR) is 53.2 cm³/mol. The Morgan fingerprint density at radius 2 is 2.20 bits per heavy atom. The van der Waals surface area contributed by atoms with Crippen LogP contribution < -0.4 is 16.6 Å². The maximum Gasteiger partial charge on any atom is 0.251 e. The lowest BCUT2D eigenvalue weighted by Crippen LogP contribution is -2.28. The summed E-state index contributed by atoms with van der Waals surface area (Å²) in [5, 5.41) is 2.46. The Balaban J connectivity index is 2.54. The average molecular weight is 209 g/mol. The highest BCUT2D eigenvalue weighted by Gasteiger charge is 2.05. The fourth-order valence-electron chi connectivity index (χ4n) is 0.987. The van der Waals surface area contributed by atoms with Gasteiger partial charge in [0.15, 0.2) is 0 Å². The van der Waals surface area contributed by atoms with Gasteiger partial charge in [0.05, 0.1) is 0 Å². The van der Waals surface area contributed by atoms with Gasteiger partial charge in [-0.2, -0.15) is 0 Å². The van der Waals surface area contributed by atoms with Crippen LogP contribution in [-0.4, -0.2) is 23.3 Å². The van der Waals surface area contributed by atoms with Gasteiger partial charge >= 0.3 is 0 Å². The zero-order chi connectivity index (χ0) is 11.3. The minimum atomic E-state index is -0.485. The highest BCUT2D eigenvalue weighted by molar-refractivity contribution is 5.94. The standard InChI is InChI=1S/C9H11N3O3/c10-7(13)2-4-12-9(15)6-1-3-11-8(14)5-6/h1,3,5H,2,4H2,(H2,10,13)(H,11,14)(H,12,15). The summed E-state index contributed by atoms with van der Waals surface area (Å²) in [4.78, 5) is 35.0. The van der Waals surface area contributed by atoms with Crippen LogP contribution in [0.1, 0.15) is 16.8 Å². The van der Waals surface area contributed by atoms with Crippen molar-refractivity contribution >= 4 is 11.8 Å². The minimum Gasteiger partial charge on any atom is -0.370 e. The van der Waals surface area contributed by atoms with E-state index in [0.29, 0.717) is 0 Å². The minimum absolute atomic E-state index is 0.0783. The molecule has 2 amide bonds. The molecule has 0 aliphatic carbocycles. The first-order valence-electron chi connectivity index (χ1n) is 4.35. The number of nitrogens with two attached hydrogens (primary N) is 1. The first-order chi connectivity index (χ1) is 7.09. The molecule has 6 nitrogen and oxygen atoms in total. The summed E-state index contributed by atoms with van der Waals surface area (Å²) >= 11 is 0. The Bertz CT molecular complexity index is 425. The number of amides is 2. The van der Waals surface area contributed by atoms with Crippen molar-refractivity contribution in [3.8, 4) is 0 Å². The zero-order valence-corrected chi connectivity index (χ0v) is 7.95. The number of aromatic amines is 1. The summed E-state index contributed by atoms with van der Waals surface area (Å²) in [5.41, 5.74) is 4.80. The molecule has 1 rings (SSSR count). The summed E-state index contributed by atoms with van der Waals surface area (Å²) in [5.74, 6) is -0.886. The molecule has 0 bridgehead atoms. The number of rotatable bonds is 4. The van der Waals surface area contributed by atoms with E-state index in [-0.39, 0.29) is 24.1 Å². The molecule has 0 fully saturated rings. The Kier molecular flexibility index (Phi) is 3.61. The first kappa shape index (κ1) is 11.0. The first-order valence-corrected chi connectivity index (χ1v) is 4.35. The molecule has 0 unspecified atom stereocenters. The van der Waals surface area contributed by atoms with E-state index in [1.165, 1.54) is 18.3 Å². The number of nitrogens with one attached hydrogen (secondary N) is 2. The molecule has 0 saturated carbocycles. The van der Waals surface area contributed by atoms with Gasteiger partial charge in [0.1, 0.15) is 0 Å². The smallest absolute Gasteiger partial charge is 0.251 e. The predicted octanol–water partition coefficient (Wildman–Crippen LogP) is -1.02. The molecule has 1 heterocycles. The molecule has 1 aromatic heterocycles. The van der Waals surface area contributed by atoms with Crippen LogP contribution in [0.15, 0.2) is 23.1 Å². The number of primary amides is 1. The van der Waals surface area contributed by atoms with E-state index < -0.39 is 11.8 Å². The van der Waals surface area contributed by atoms with Crippen molar-refractivity contribution < 1.29 is 9.59 Å². The van der Waals surface area contributed by atoms with Crippen LogP contribution >= 0.6 is 0 Å². The van der Waals surface area contributed by atoms with Crippen molar-refractivity contribution in [1.29, 1.82) is 0 Å². The third-order valence-corrected chi connectivity index (χ3v) is 1.69. The fraction of sp³-hybridized carbons (Fsp3) is 0.222. The monoisotopic (exact) mass is 209 g/mol. The van der Waals surface area contributed by atoms with E-state index in [0.717, 1.165) is 0 Å². The molecule has 0 atom stereocenters. The van der Waals surface area contributed by atoms with Crippen LogP contribution in [0.25, 0.3) is 0 Å². The van der Waals surface area contributed by atoms with Crippen LogP contribution in [0, 0.1) is 0 Å². The molecule has 1 aromatic rings. The van der Waals surface area contributed by atoms with Gasteiger partial charge in [-0.05, 0) is 6.07 Å². The van der Waals surface area contributed by atoms with Crippen molar-refractivity contribution in [2.24, 2.45) is 5.73 Å². The lowest BCUT2D eigenvalue weighted by atomic mass is 10.2. The quantitative estimate of drug-likeness (QED) is 0.591. The molecule has 0 aromatic carbocycles. The van der Waals surface area contributed by atoms with Gasteiger partial charge in [-0.3, -0.25) is 14.4 Å². The van der Waals surface area contributed by atoms with Gasteiger partial charge in [0.2, 0.25) is 11.5 Å². The number of pyridine rings is 1. The molecule has 0 aliphatic heterocycles. The summed E-state index contributed by atoms with van der Waals surface area (Å²) < 4.78 is 0. The molecule has 4 N–H and O–H groups in total. The van der Waals surface area contributed by atoms with Gasteiger partial charge in [0.25, 0.3) is 5.91 Å². The highest BCUT2D eigenvalue weighted by Crippen LogP contribution is 1.92. The van der Waals surface area contributed by atoms with Crippen molar-refractivity contribution in [1.82, 2.24) is 10.3 Å². The summed E-state index contributed by atoms with van der Waals surface area (Å²) in [7, 11) is 0. The highest BCUT2D eigenvalue weighted by atomic mass is 16.2. The van der Waals surface area contributed by atoms with Gasteiger partial charge in [-0.1, -0.05) is 0 Å². The lowest BCUT2D eigenvalue weighted by Gasteiger charge is -2.02. The van der Waals surface area contributed by atoms with Gasteiger partial charge in [-0.25, -0.2) is 0 Å².